The van der Waals surface area contributed by atoms with Crippen LogP contribution in [0.5, 0.6) is 5.75 Å². The van der Waals surface area contributed by atoms with Crippen LogP contribution >= 0.6 is 0 Å². The van der Waals surface area contributed by atoms with Crippen LogP contribution in [0.4, 0.5) is 13.2 Å². The number of hydrogen-bond acceptors (Lipinski definition) is 7. The van der Waals surface area contributed by atoms with Gasteiger partial charge in [0.15, 0.2) is 11.6 Å². The van der Waals surface area contributed by atoms with Gasteiger partial charge in [-0.25, -0.2) is 13.2 Å². The molecule has 4 N–H and O–H groups in total. The van der Waals surface area contributed by atoms with Crippen LogP contribution in [0.25, 0.3) is 6.08 Å². The SMILES string of the molecule is C/C(=C\c1cc(F)c(OCC(C)F)cc1F)C(=O)N[C@@H]1[C@H](O)[C@@H](O)[C@H]2OCO[C@H]2[C@@H]1O. The van der Waals surface area contributed by atoms with E-state index >= 15 is 0 Å². The van der Waals surface area contributed by atoms with E-state index in [-0.39, 0.29) is 17.9 Å². The van der Waals surface area contributed by atoms with Crippen molar-refractivity contribution in [3.05, 3.63) is 34.9 Å². The summed E-state index contributed by atoms with van der Waals surface area (Å²) in [6, 6.07) is 0.262. The quantitative estimate of drug-likeness (QED) is 0.467. The average Bonchev–Trinajstić information content (AvgIpc) is 3.21. The Labute approximate surface area is 176 Å². The van der Waals surface area contributed by atoms with E-state index in [1.807, 2.05) is 0 Å². The highest BCUT2D eigenvalue weighted by molar-refractivity contribution is 5.97. The second kappa shape index (κ2) is 9.53. The molecular formula is C20H24F3NO7. The summed E-state index contributed by atoms with van der Waals surface area (Å²) in [6.07, 6.45) is -6.51. The molecule has 7 atom stereocenters. The van der Waals surface area contributed by atoms with Gasteiger partial charge in [-0.15, -0.1) is 0 Å². The molecule has 11 heteroatoms. The summed E-state index contributed by atoms with van der Waals surface area (Å²) < 4.78 is 56.4. The Morgan fingerprint density at radius 1 is 1.19 bits per heavy atom. The largest absolute Gasteiger partial charge is 0.487 e. The number of hydrogen-bond donors (Lipinski definition) is 4. The first-order chi connectivity index (χ1) is 14.6. The predicted molar refractivity (Wildman–Crippen MR) is 101 cm³/mol. The predicted octanol–water partition coefficient (Wildman–Crippen LogP) is 0.427. The lowest BCUT2D eigenvalue weighted by Crippen LogP contribution is -2.67. The number of ether oxygens (including phenoxy) is 3. The van der Waals surface area contributed by atoms with Gasteiger partial charge in [0.2, 0.25) is 5.91 Å². The Morgan fingerprint density at radius 2 is 1.84 bits per heavy atom. The van der Waals surface area contributed by atoms with E-state index in [1.54, 1.807) is 0 Å². The van der Waals surface area contributed by atoms with Crippen molar-refractivity contribution in [2.24, 2.45) is 0 Å². The monoisotopic (exact) mass is 447 g/mol. The van der Waals surface area contributed by atoms with E-state index in [0.29, 0.717) is 0 Å². The normalized spacial score (nSPS) is 31.8. The number of benzene rings is 1. The van der Waals surface area contributed by atoms with Crippen LogP contribution < -0.4 is 10.1 Å². The number of rotatable bonds is 6. The Bertz CT molecular complexity index is 850. The fraction of sp³-hybridized carbons (Fsp3) is 0.550. The van der Waals surface area contributed by atoms with Crippen LogP contribution in [0.15, 0.2) is 17.7 Å². The molecule has 1 aromatic carbocycles. The number of carbonyl (C=O) groups excluding carboxylic acids is 1. The minimum Gasteiger partial charge on any atom is -0.487 e. The van der Waals surface area contributed by atoms with Gasteiger partial charge in [0.25, 0.3) is 0 Å². The summed E-state index contributed by atoms with van der Waals surface area (Å²) in [5.41, 5.74) is -0.327. The van der Waals surface area contributed by atoms with E-state index < -0.39 is 72.6 Å². The number of alkyl halides is 1. The van der Waals surface area contributed by atoms with Crippen LogP contribution in [0, 0.1) is 11.6 Å². The summed E-state index contributed by atoms with van der Waals surface area (Å²) in [5, 5.41) is 33.1. The van der Waals surface area contributed by atoms with Crippen molar-refractivity contribution in [3.63, 3.8) is 0 Å². The number of nitrogens with one attached hydrogen (secondary N) is 1. The van der Waals surface area contributed by atoms with Crippen molar-refractivity contribution in [3.8, 4) is 5.75 Å². The topological polar surface area (TPSA) is 117 Å². The lowest BCUT2D eigenvalue weighted by atomic mass is 9.83. The molecule has 1 amide bonds. The second-order valence-corrected chi connectivity index (χ2v) is 7.57. The summed E-state index contributed by atoms with van der Waals surface area (Å²) in [4.78, 5) is 12.5. The van der Waals surface area contributed by atoms with Gasteiger partial charge in [-0.3, -0.25) is 4.79 Å². The number of fused-ring (bicyclic) bond motifs is 1. The fourth-order valence-electron chi connectivity index (χ4n) is 3.49. The van der Waals surface area contributed by atoms with Gasteiger partial charge < -0.3 is 34.8 Å². The van der Waals surface area contributed by atoms with Gasteiger partial charge in [0.05, 0.1) is 6.04 Å². The molecule has 8 nitrogen and oxygen atoms in total. The highest BCUT2D eigenvalue weighted by Crippen LogP contribution is 2.30. The molecule has 0 spiro atoms. The van der Waals surface area contributed by atoms with Crippen LogP contribution in [0.3, 0.4) is 0 Å². The van der Waals surface area contributed by atoms with Crippen molar-refractivity contribution in [1.29, 1.82) is 0 Å². The minimum atomic E-state index is -1.54. The van der Waals surface area contributed by atoms with Crippen LogP contribution in [-0.4, -0.2) is 77.4 Å². The van der Waals surface area contributed by atoms with E-state index in [4.69, 9.17) is 14.2 Å². The molecule has 1 aromatic rings. The molecule has 3 rings (SSSR count). The molecule has 2 fully saturated rings. The Kier molecular flexibility index (Phi) is 7.22. The van der Waals surface area contributed by atoms with Crippen molar-refractivity contribution >= 4 is 12.0 Å². The van der Waals surface area contributed by atoms with E-state index in [9.17, 15) is 33.3 Å². The molecule has 31 heavy (non-hydrogen) atoms. The average molecular weight is 447 g/mol. The molecule has 1 saturated heterocycles. The third kappa shape index (κ3) is 5.01. The van der Waals surface area contributed by atoms with Crippen LogP contribution in [-0.2, 0) is 14.3 Å². The van der Waals surface area contributed by atoms with Crippen LogP contribution in [0.1, 0.15) is 19.4 Å². The molecule has 0 aromatic heterocycles. The highest BCUT2D eigenvalue weighted by Gasteiger charge is 2.53. The Hall–Kier alpha value is -2.18. The van der Waals surface area contributed by atoms with Crippen LogP contribution in [0.2, 0.25) is 0 Å². The van der Waals surface area contributed by atoms with Crippen molar-refractivity contribution in [2.75, 3.05) is 13.4 Å². The third-order valence-electron chi connectivity index (χ3n) is 5.15. The summed E-state index contributed by atoms with van der Waals surface area (Å²) >= 11 is 0. The third-order valence-corrected chi connectivity index (χ3v) is 5.15. The molecule has 1 aliphatic carbocycles. The molecule has 1 unspecified atom stereocenters. The molecule has 0 bridgehead atoms. The number of aliphatic hydroxyl groups excluding tert-OH is 3. The Balaban J connectivity index is 1.73. The molecule has 1 saturated carbocycles. The van der Waals surface area contributed by atoms with Gasteiger partial charge in [-0.2, -0.15) is 0 Å². The zero-order chi connectivity index (χ0) is 22.9. The summed E-state index contributed by atoms with van der Waals surface area (Å²) in [6.45, 7) is 1.91. The van der Waals surface area contributed by atoms with Crippen molar-refractivity contribution in [1.82, 2.24) is 5.32 Å². The van der Waals surface area contributed by atoms with Gasteiger partial charge >= 0.3 is 0 Å². The molecular weight excluding hydrogens is 423 g/mol. The minimum absolute atomic E-state index is 0.0658. The zero-order valence-corrected chi connectivity index (χ0v) is 16.8. The smallest absolute Gasteiger partial charge is 0.247 e. The van der Waals surface area contributed by atoms with Gasteiger partial charge in [-0.05, 0) is 26.0 Å². The molecule has 1 aliphatic heterocycles. The van der Waals surface area contributed by atoms with Crippen molar-refractivity contribution in [2.45, 2.75) is 56.6 Å². The summed E-state index contributed by atoms with van der Waals surface area (Å²) in [7, 11) is 0. The lowest BCUT2D eigenvalue weighted by molar-refractivity contribution is -0.155. The number of halogens is 3. The highest BCUT2D eigenvalue weighted by atomic mass is 19.1. The van der Waals surface area contributed by atoms with E-state index in [0.717, 1.165) is 18.2 Å². The molecule has 172 valence electrons. The van der Waals surface area contributed by atoms with Gasteiger partial charge in [0.1, 0.15) is 55.9 Å². The maximum atomic E-state index is 14.3. The first-order valence-corrected chi connectivity index (χ1v) is 9.62. The van der Waals surface area contributed by atoms with Gasteiger partial charge in [0, 0.05) is 17.2 Å². The first-order valence-electron chi connectivity index (χ1n) is 9.62. The number of amides is 1. The number of carbonyl (C=O) groups is 1. The van der Waals surface area contributed by atoms with E-state index in [1.165, 1.54) is 13.8 Å². The maximum Gasteiger partial charge on any atom is 0.247 e. The summed E-state index contributed by atoms with van der Waals surface area (Å²) in [5.74, 6) is -3.09. The first kappa shape index (κ1) is 23.5. The number of aliphatic hydroxyl groups is 3. The maximum absolute atomic E-state index is 14.3. The molecule has 1 heterocycles. The van der Waals surface area contributed by atoms with Gasteiger partial charge in [-0.1, -0.05) is 0 Å². The Morgan fingerprint density at radius 3 is 2.48 bits per heavy atom. The van der Waals surface area contributed by atoms with E-state index in [2.05, 4.69) is 5.32 Å². The molecule has 2 aliphatic rings. The fourth-order valence-corrected chi connectivity index (χ4v) is 3.49. The standard InChI is InChI=1S/C20H24F3NO7/c1-8(3-10-4-12(23)13(5-11(10)22)29-6-9(2)21)20(28)24-14-15(25)17(27)19-18(16(14)26)30-7-31-19/h3-5,9,14-19,25-27H,6-7H2,1-2H3,(H,24,28)/b8-3+/t9?,14-,15+,16-,17-,18+,19-/m1/s1. The van der Waals surface area contributed by atoms with Crippen molar-refractivity contribution < 1.29 is 47.5 Å². The second-order valence-electron chi connectivity index (χ2n) is 7.57. The zero-order valence-electron chi connectivity index (χ0n) is 16.8. The lowest BCUT2D eigenvalue weighted by Gasteiger charge is -2.41. The molecule has 0 radical (unpaired) electrons.